The molecule has 34 heavy (non-hydrogen) atoms. The van der Waals surface area contributed by atoms with Gasteiger partial charge in [0, 0.05) is 12.2 Å². The zero-order valence-electron chi connectivity index (χ0n) is 20.1. The van der Waals surface area contributed by atoms with Crippen LogP contribution in [0.2, 0.25) is 0 Å². The fraction of sp³-hybridized carbons (Fsp3) is 0.667. The van der Waals surface area contributed by atoms with Crippen molar-refractivity contribution in [1.29, 1.82) is 0 Å². The predicted octanol–water partition coefficient (Wildman–Crippen LogP) is 1.55. The predicted molar refractivity (Wildman–Crippen MR) is 123 cm³/mol. The van der Waals surface area contributed by atoms with Crippen LogP contribution >= 0.6 is 0 Å². The van der Waals surface area contributed by atoms with Crippen molar-refractivity contribution in [2.24, 2.45) is 0 Å². The Labute approximate surface area is 201 Å². The summed E-state index contributed by atoms with van der Waals surface area (Å²) in [4.78, 5) is 23.5. The van der Waals surface area contributed by atoms with Gasteiger partial charge in [0.25, 0.3) is 5.78 Å². The summed E-state index contributed by atoms with van der Waals surface area (Å²) in [5.74, 6) is -1.56. The second-order valence-corrected chi connectivity index (χ2v) is 6.70. The molecule has 1 aromatic carbocycles. The van der Waals surface area contributed by atoms with Crippen molar-refractivity contribution in [3.63, 3.8) is 0 Å². The highest BCUT2D eigenvalue weighted by molar-refractivity contribution is 6.40. The molecule has 0 radical (unpaired) electrons. The summed E-state index contributed by atoms with van der Waals surface area (Å²) >= 11 is 0. The van der Waals surface area contributed by atoms with E-state index in [1.807, 2.05) is 6.92 Å². The molecule has 0 aliphatic carbocycles. The molecular formula is C24H38O10. The van der Waals surface area contributed by atoms with E-state index in [1.54, 1.807) is 30.3 Å². The average Bonchev–Trinajstić information content (AvgIpc) is 2.87. The fourth-order valence-corrected chi connectivity index (χ4v) is 2.43. The van der Waals surface area contributed by atoms with Gasteiger partial charge in [-0.2, -0.15) is 0 Å². The third-order valence-corrected chi connectivity index (χ3v) is 4.12. The van der Waals surface area contributed by atoms with Crippen LogP contribution in [0.15, 0.2) is 30.3 Å². The number of ketones is 1. The molecular weight excluding hydrogens is 448 g/mol. The van der Waals surface area contributed by atoms with Crippen molar-refractivity contribution in [1.82, 2.24) is 0 Å². The Morgan fingerprint density at radius 3 is 1.26 bits per heavy atom. The molecule has 1 aromatic rings. The lowest BCUT2D eigenvalue weighted by Gasteiger charge is -2.08. The number of carbonyl (C=O) groups excluding carboxylic acids is 2. The summed E-state index contributed by atoms with van der Waals surface area (Å²) in [6.45, 7) is 8.75. The van der Waals surface area contributed by atoms with Gasteiger partial charge in [0.05, 0.1) is 85.9 Å². The van der Waals surface area contributed by atoms with Crippen molar-refractivity contribution in [2.45, 2.75) is 6.92 Å². The Balaban J connectivity index is 1.74. The van der Waals surface area contributed by atoms with Gasteiger partial charge < -0.3 is 37.9 Å². The Kier molecular flexibility index (Phi) is 20.2. The number of rotatable bonds is 24. The Hall–Kier alpha value is -1.92. The van der Waals surface area contributed by atoms with E-state index in [1.165, 1.54) is 0 Å². The highest BCUT2D eigenvalue weighted by atomic mass is 16.6. The Morgan fingerprint density at radius 2 is 0.882 bits per heavy atom. The first-order valence-corrected chi connectivity index (χ1v) is 11.6. The van der Waals surface area contributed by atoms with Crippen LogP contribution in [0.25, 0.3) is 0 Å². The lowest BCUT2D eigenvalue weighted by atomic mass is 10.1. The van der Waals surface area contributed by atoms with Gasteiger partial charge in [-0.3, -0.25) is 4.79 Å². The lowest BCUT2D eigenvalue weighted by Crippen LogP contribution is -2.20. The third-order valence-electron chi connectivity index (χ3n) is 4.12. The topological polar surface area (TPSA) is 108 Å². The van der Waals surface area contributed by atoms with E-state index in [0.717, 1.165) is 0 Å². The molecule has 1 rings (SSSR count). The number of ether oxygens (including phenoxy) is 8. The van der Waals surface area contributed by atoms with Gasteiger partial charge in [-0.1, -0.05) is 30.3 Å². The molecule has 0 atom stereocenters. The molecule has 0 aromatic heterocycles. The summed E-state index contributed by atoms with van der Waals surface area (Å²) in [5.41, 5.74) is 0.301. The van der Waals surface area contributed by atoms with Crippen LogP contribution < -0.4 is 0 Å². The van der Waals surface area contributed by atoms with Gasteiger partial charge >= 0.3 is 5.97 Å². The van der Waals surface area contributed by atoms with Crippen molar-refractivity contribution < 1.29 is 47.5 Å². The summed E-state index contributed by atoms with van der Waals surface area (Å²) < 4.78 is 42.3. The first kappa shape index (κ1) is 30.1. The minimum Gasteiger partial charge on any atom is -0.457 e. The second kappa shape index (κ2) is 22.9. The molecule has 0 aliphatic rings. The van der Waals surface area contributed by atoms with Crippen LogP contribution in [0, 0.1) is 0 Å². The van der Waals surface area contributed by atoms with E-state index in [9.17, 15) is 9.59 Å². The number of Topliss-reactive ketones (excluding diaryl/α,β-unsaturated/α-hetero) is 1. The summed E-state index contributed by atoms with van der Waals surface area (Å²) in [5, 5.41) is 0. The fourth-order valence-electron chi connectivity index (χ4n) is 2.43. The van der Waals surface area contributed by atoms with Gasteiger partial charge in [-0.05, 0) is 6.92 Å². The number of benzene rings is 1. The number of esters is 1. The van der Waals surface area contributed by atoms with Gasteiger partial charge in [0.15, 0.2) is 0 Å². The van der Waals surface area contributed by atoms with E-state index in [-0.39, 0.29) is 13.2 Å². The first-order valence-electron chi connectivity index (χ1n) is 11.6. The maximum Gasteiger partial charge on any atom is 0.379 e. The van der Waals surface area contributed by atoms with Gasteiger partial charge in [-0.15, -0.1) is 0 Å². The van der Waals surface area contributed by atoms with Crippen LogP contribution in [-0.4, -0.2) is 111 Å². The zero-order valence-corrected chi connectivity index (χ0v) is 20.1. The monoisotopic (exact) mass is 486 g/mol. The van der Waals surface area contributed by atoms with Crippen LogP contribution in [0.3, 0.4) is 0 Å². The van der Waals surface area contributed by atoms with E-state index in [0.29, 0.717) is 91.5 Å². The SMILES string of the molecule is CCOCCOCCOCCOCCOCCOCCOCCOC(=O)C(=O)c1ccccc1. The molecule has 10 heteroatoms. The average molecular weight is 487 g/mol. The maximum atomic E-state index is 11.8. The van der Waals surface area contributed by atoms with Crippen LogP contribution in [0.5, 0.6) is 0 Å². The number of hydrogen-bond donors (Lipinski definition) is 0. The normalized spacial score (nSPS) is 11.0. The number of hydrogen-bond acceptors (Lipinski definition) is 10. The van der Waals surface area contributed by atoms with Crippen LogP contribution in [0.4, 0.5) is 0 Å². The van der Waals surface area contributed by atoms with Crippen molar-refractivity contribution >= 4 is 11.8 Å². The molecule has 0 unspecified atom stereocenters. The Morgan fingerprint density at radius 1 is 0.529 bits per heavy atom. The molecule has 0 heterocycles. The second-order valence-electron chi connectivity index (χ2n) is 6.70. The highest BCUT2D eigenvalue weighted by Gasteiger charge is 2.16. The minimum absolute atomic E-state index is 0.00775. The van der Waals surface area contributed by atoms with E-state index in [2.05, 4.69) is 0 Å². The smallest absolute Gasteiger partial charge is 0.379 e. The summed E-state index contributed by atoms with van der Waals surface area (Å²) in [6.07, 6.45) is 0. The molecule has 0 saturated carbocycles. The van der Waals surface area contributed by atoms with Crippen LogP contribution in [0.1, 0.15) is 17.3 Å². The molecule has 0 fully saturated rings. The van der Waals surface area contributed by atoms with Crippen LogP contribution in [-0.2, 0) is 42.7 Å². The zero-order chi connectivity index (χ0) is 24.5. The highest BCUT2D eigenvalue weighted by Crippen LogP contribution is 2.01. The minimum atomic E-state index is -0.890. The molecule has 0 N–H and O–H groups in total. The molecule has 0 amide bonds. The molecule has 0 spiro atoms. The standard InChI is InChI=1S/C24H38O10/c1-2-27-8-9-28-10-11-29-12-13-30-14-15-31-16-17-32-18-19-33-20-21-34-24(26)23(25)22-6-4-3-5-7-22/h3-7H,2,8-21H2,1H3. The first-order chi connectivity index (χ1) is 16.8. The Bertz CT molecular complexity index is 611. The van der Waals surface area contributed by atoms with Gasteiger partial charge in [0.1, 0.15) is 6.61 Å². The van der Waals surface area contributed by atoms with Gasteiger partial charge in [-0.25, -0.2) is 4.79 Å². The van der Waals surface area contributed by atoms with E-state index in [4.69, 9.17) is 37.9 Å². The quantitative estimate of drug-likeness (QED) is 0.0924. The van der Waals surface area contributed by atoms with E-state index >= 15 is 0 Å². The van der Waals surface area contributed by atoms with E-state index < -0.39 is 11.8 Å². The molecule has 0 saturated heterocycles. The summed E-state index contributed by atoms with van der Waals surface area (Å²) in [7, 11) is 0. The third kappa shape index (κ3) is 17.5. The van der Waals surface area contributed by atoms with Crippen molar-refractivity contribution in [2.75, 3.05) is 99.1 Å². The molecule has 0 aliphatic heterocycles. The van der Waals surface area contributed by atoms with Crippen molar-refractivity contribution in [3.8, 4) is 0 Å². The number of carbonyl (C=O) groups is 2. The largest absolute Gasteiger partial charge is 0.457 e. The lowest BCUT2D eigenvalue weighted by molar-refractivity contribution is -0.139. The van der Waals surface area contributed by atoms with Crippen molar-refractivity contribution in [3.05, 3.63) is 35.9 Å². The summed E-state index contributed by atoms with van der Waals surface area (Å²) in [6, 6.07) is 8.27. The maximum absolute atomic E-state index is 11.8. The molecule has 194 valence electrons. The van der Waals surface area contributed by atoms with Gasteiger partial charge in [0.2, 0.25) is 0 Å². The molecule has 0 bridgehead atoms. The molecule has 10 nitrogen and oxygen atoms in total.